The van der Waals surface area contributed by atoms with Gasteiger partial charge in [0, 0.05) is 30.1 Å². The van der Waals surface area contributed by atoms with E-state index in [1.165, 1.54) is 10.6 Å². The zero-order chi connectivity index (χ0) is 17.1. The minimum atomic E-state index is -1.10. The lowest BCUT2D eigenvalue weighted by Crippen LogP contribution is -2.20. The van der Waals surface area contributed by atoms with Crippen molar-refractivity contribution in [2.75, 3.05) is 17.7 Å². The van der Waals surface area contributed by atoms with E-state index in [0.717, 1.165) is 11.3 Å². The number of aliphatic hydroxyl groups excluding tert-OH is 1. The smallest absolute Gasteiger partial charge is 0.356 e. The fourth-order valence-electron chi connectivity index (χ4n) is 2.30. The summed E-state index contributed by atoms with van der Waals surface area (Å²) in [6.07, 6.45) is 0.974. The molecule has 0 aliphatic carbocycles. The average molecular weight is 347 g/mol. The Kier molecular flexibility index (Phi) is 4.64. The molecule has 0 saturated carbocycles. The van der Waals surface area contributed by atoms with Gasteiger partial charge in [0.15, 0.2) is 11.3 Å². The summed E-state index contributed by atoms with van der Waals surface area (Å²) in [6, 6.07) is 10.7. The number of carbonyl (C=O) groups is 1. The fourth-order valence-corrected chi connectivity index (χ4v) is 2.41. The van der Waals surface area contributed by atoms with E-state index in [2.05, 4.69) is 15.4 Å². The Hall–Kier alpha value is -2.64. The van der Waals surface area contributed by atoms with Crippen LogP contribution in [0.25, 0.3) is 16.9 Å². The number of carboxylic acids is 1. The lowest BCUT2D eigenvalue weighted by atomic mass is 10.1. The van der Waals surface area contributed by atoms with Gasteiger partial charge in [-0.2, -0.15) is 5.10 Å². The Morgan fingerprint density at radius 3 is 2.92 bits per heavy atom. The zero-order valence-corrected chi connectivity index (χ0v) is 13.3. The molecule has 0 amide bonds. The third kappa shape index (κ3) is 3.32. The van der Waals surface area contributed by atoms with Crippen LogP contribution in [0.3, 0.4) is 0 Å². The number of anilines is 1. The molecule has 124 valence electrons. The molecule has 1 unspecified atom stereocenters. The fraction of sp³-hybridized carbons (Fsp3) is 0.188. The number of nitrogens with one attached hydrogen (secondary N) is 1. The first-order valence-corrected chi connectivity index (χ1v) is 7.78. The van der Waals surface area contributed by atoms with Gasteiger partial charge in [-0.15, -0.1) is 11.6 Å². The molecule has 1 atom stereocenters. The first-order valence-electron chi connectivity index (χ1n) is 7.25. The number of alkyl halides is 1. The molecular formula is C16H15ClN4O3. The Morgan fingerprint density at radius 2 is 2.17 bits per heavy atom. The number of fused-ring (bicyclic) bond motifs is 1. The van der Waals surface area contributed by atoms with Gasteiger partial charge in [0.1, 0.15) is 0 Å². The molecule has 0 aliphatic heterocycles. The number of rotatable bonds is 6. The number of halogens is 1. The van der Waals surface area contributed by atoms with Crippen molar-refractivity contribution >= 4 is 28.9 Å². The van der Waals surface area contributed by atoms with Crippen LogP contribution < -0.4 is 5.32 Å². The van der Waals surface area contributed by atoms with Gasteiger partial charge in [-0.1, -0.05) is 12.1 Å². The highest BCUT2D eigenvalue weighted by Gasteiger charge is 2.13. The van der Waals surface area contributed by atoms with Crippen LogP contribution in [0.15, 0.2) is 42.6 Å². The van der Waals surface area contributed by atoms with Gasteiger partial charge in [-0.05, 0) is 18.2 Å². The second-order valence-electron chi connectivity index (χ2n) is 5.20. The molecule has 0 spiro atoms. The summed E-state index contributed by atoms with van der Waals surface area (Å²) < 4.78 is 1.50. The van der Waals surface area contributed by atoms with Crippen molar-refractivity contribution in [2.45, 2.75) is 6.10 Å². The summed E-state index contributed by atoms with van der Waals surface area (Å²) in [5, 5.41) is 25.8. The van der Waals surface area contributed by atoms with Crippen LogP contribution in [-0.2, 0) is 0 Å². The Labute approximate surface area is 142 Å². The van der Waals surface area contributed by atoms with E-state index in [1.807, 2.05) is 24.3 Å². The first-order chi connectivity index (χ1) is 11.6. The SMILES string of the molecule is O=C(O)c1cc2nccc(-c3cccc(NCC(O)CCl)c3)n2n1. The summed E-state index contributed by atoms with van der Waals surface area (Å²) in [5.74, 6) is -0.944. The maximum Gasteiger partial charge on any atom is 0.356 e. The molecule has 3 N–H and O–H groups in total. The number of hydrogen-bond acceptors (Lipinski definition) is 5. The number of aromatic nitrogens is 3. The third-order valence-corrected chi connectivity index (χ3v) is 3.81. The van der Waals surface area contributed by atoms with Crippen molar-refractivity contribution in [2.24, 2.45) is 0 Å². The minimum Gasteiger partial charge on any atom is -0.476 e. The Balaban J connectivity index is 1.97. The molecule has 1 aromatic carbocycles. The van der Waals surface area contributed by atoms with Gasteiger partial charge in [0.25, 0.3) is 0 Å². The number of carboxylic acid groups (broad SMARTS) is 1. The largest absolute Gasteiger partial charge is 0.476 e. The molecule has 0 bridgehead atoms. The highest BCUT2D eigenvalue weighted by molar-refractivity contribution is 6.18. The normalized spacial score (nSPS) is 12.2. The highest BCUT2D eigenvalue weighted by atomic mass is 35.5. The first kappa shape index (κ1) is 16.2. The molecule has 0 saturated heterocycles. The van der Waals surface area contributed by atoms with Crippen molar-refractivity contribution in [3.05, 3.63) is 48.3 Å². The molecular weight excluding hydrogens is 332 g/mol. The molecule has 24 heavy (non-hydrogen) atoms. The van der Waals surface area contributed by atoms with Crippen molar-refractivity contribution < 1.29 is 15.0 Å². The molecule has 7 nitrogen and oxygen atoms in total. The van der Waals surface area contributed by atoms with E-state index in [9.17, 15) is 9.90 Å². The number of hydrogen-bond donors (Lipinski definition) is 3. The monoisotopic (exact) mass is 346 g/mol. The van der Waals surface area contributed by atoms with E-state index >= 15 is 0 Å². The molecule has 2 aromatic heterocycles. The predicted molar refractivity (Wildman–Crippen MR) is 90.6 cm³/mol. The Morgan fingerprint density at radius 1 is 1.33 bits per heavy atom. The van der Waals surface area contributed by atoms with Crippen LogP contribution >= 0.6 is 11.6 Å². The second kappa shape index (κ2) is 6.86. The number of aliphatic hydroxyl groups is 1. The van der Waals surface area contributed by atoms with Gasteiger partial charge >= 0.3 is 5.97 Å². The summed E-state index contributed by atoms with van der Waals surface area (Å²) in [5.41, 5.74) is 2.77. The molecule has 3 aromatic rings. The van der Waals surface area contributed by atoms with Gasteiger partial charge in [-0.25, -0.2) is 14.3 Å². The third-order valence-electron chi connectivity index (χ3n) is 3.46. The van der Waals surface area contributed by atoms with Crippen molar-refractivity contribution in [3.63, 3.8) is 0 Å². The lowest BCUT2D eigenvalue weighted by Gasteiger charge is -2.11. The molecule has 0 fully saturated rings. The van der Waals surface area contributed by atoms with E-state index in [-0.39, 0.29) is 11.6 Å². The summed E-state index contributed by atoms with van der Waals surface area (Å²) in [4.78, 5) is 15.2. The topological polar surface area (TPSA) is 99.8 Å². The van der Waals surface area contributed by atoms with Crippen LogP contribution in [-0.4, -0.2) is 49.3 Å². The van der Waals surface area contributed by atoms with E-state index in [0.29, 0.717) is 17.9 Å². The van der Waals surface area contributed by atoms with Crippen LogP contribution in [0.1, 0.15) is 10.5 Å². The van der Waals surface area contributed by atoms with Crippen LogP contribution in [0.2, 0.25) is 0 Å². The molecule has 3 rings (SSSR count). The number of benzene rings is 1. The van der Waals surface area contributed by atoms with Gasteiger partial charge < -0.3 is 15.5 Å². The maximum absolute atomic E-state index is 11.1. The van der Waals surface area contributed by atoms with E-state index in [1.54, 1.807) is 12.3 Å². The van der Waals surface area contributed by atoms with Crippen LogP contribution in [0.5, 0.6) is 0 Å². The highest BCUT2D eigenvalue weighted by Crippen LogP contribution is 2.23. The summed E-state index contributed by atoms with van der Waals surface area (Å²) >= 11 is 5.58. The van der Waals surface area contributed by atoms with Crippen LogP contribution in [0.4, 0.5) is 5.69 Å². The maximum atomic E-state index is 11.1. The average Bonchev–Trinajstić information content (AvgIpc) is 3.04. The molecule has 0 radical (unpaired) electrons. The molecule has 8 heteroatoms. The minimum absolute atomic E-state index is 0.0607. The quantitative estimate of drug-likeness (QED) is 0.591. The standard InChI is InChI=1S/C16H15ClN4O3/c17-8-12(22)9-19-11-3-1-2-10(6-11)14-4-5-18-15-7-13(16(23)24)20-21(14)15/h1-7,12,19,22H,8-9H2,(H,23,24). The Bertz CT molecular complexity index is 881. The van der Waals surface area contributed by atoms with Crippen molar-refractivity contribution in [1.29, 1.82) is 0 Å². The van der Waals surface area contributed by atoms with Crippen molar-refractivity contribution in [1.82, 2.24) is 14.6 Å². The van der Waals surface area contributed by atoms with Crippen LogP contribution in [0, 0.1) is 0 Å². The molecule has 0 aliphatic rings. The van der Waals surface area contributed by atoms with Gasteiger partial charge in [-0.3, -0.25) is 0 Å². The van der Waals surface area contributed by atoms with Gasteiger partial charge in [0.2, 0.25) is 0 Å². The zero-order valence-electron chi connectivity index (χ0n) is 12.6. The predicted octanol–water partition coefficient (Wildman–Crippen LogP) is 2.11. The van der Waals surface area contributed by atoms with E-state index in [4.69, 9.17) is 16.7 Å². The van der Waals surface area contributed by atoms with E-state index < -0.39 is 12.1 Å². The molecule has 2 heterocycles. The lowest BCUT2D eigenvalue weighted by molar-refractivity contribution is 0.0690. The number of nitrogens with zero attached hydrogens (tertiary/aromatic N) is 3. The summed E-state index contributed by atoms with van der Waals surface area (Å²) in [6.45, 7) is 0.337. The number of aromatic carboxylic acids is 1. The second-order valence-corrected chi connectivity index (χ2v) is 5.51. The van der Waals surface area contributed by atoms with Crippen molar-refractivity contribution in [3.8, 4) is 11.3 Å². The summed E-state index contributed by atoms with van der Waals surface area (Å²) in [7, 11) is 0. The van der Waals surface area contributed by atoms with Gasteiger partial charge in [0.05, 0.1) is 17.7 Å².